The lowest BCUT2D eigenvalue weighted by molar-refractivity contribution is 0.702. The molecule has 3 heteroatoms. The van der Waals surface area contributed by atoms with E-state index in [-0.39, 0.29) is 17.0 Å². The quantitative estimate of drug-likeness (QED) is 0.840. The van der Waals surface area contributed by atoms with Crippen LogP contribution >= 0.6 is 17.0 Å². The fourth-order valence-electron chi connectivity index (χ4n) is 0.876. The highest BCUT2D eigenvalue weighted by Gasteiger charge is 1.75. The van der Waals surface area contributed by atoms with Crippen molar-refractivity contribution in [2.24, 2.45) is 0 Å². The highest BCUT2D eigenvalue weighted by Crippen LogP contribution is 1.95. The number of unbranched alkanes of at least 4 members (excludes halogenated alkanes) is 3. The minimum atomic E-state index is 0. The van der Waals surface area contributed by atoms with Gasteiger partial charge in [0.15, 0.2) is 0 Å². The van der Waals surface area contributed by atoms with Gasteiger partial charge in [0.1, 0.15) is 5.82 Å². The van der Waals surface area contributed by atoms with Gasteiger partial charge in [-0.25, -0.2) is 4.98 Å². The van der Waals surface area contributed by atoms with E-state index in [0.29, 0.717) is 5.82 Å². The number of nitrogen functional groups attached to an aromatic ring is 1. The van der Waals surface area contributed by atoms with Crippen molar-refractivity contribution in [2.45, 2.75) is 39.5 Å². The summed E-state index contributed by atoms with van der Waals surface area (Å²) in [7, 11) is 0. The first-order valence-electron chi connectivity index (χ1n) is 4.97. The van der Waals surface area contributed by atoms with Gasteiger partial charge in [-0.3, -0.25) is 0 Å². The summed E-state index contributed by atoms with van der Waals surface area (Å²) in [4.78, 5) is 3.76. The summed E-state index contributed by atoms with van der Waals surface area (Å²) in [6, 6.07) is 5.43. The van der Waals surface area contributed by atoms with Gasteiger partial charge in [0.2, 0.25) is 0 Å². The van der Waals surface area contributed by atoms with Gasteiger partial charge in [0, 0.05) is 6.20 Å². The molecule has 1 rings (SSSR count). The lowest BCUT2D eigenvalue weighted by atomic mass is 10.2. The van der Waals surface area contributed by atoms with Gasteiger partial charge in [-0.1, -0.05) is 45.6 Å². The van der Waals surface area contributed by atoms with Crippen LogP contribution in [0.4, 0.5) is 5.82 Å². The zero-order valence-corrected chi connectivity index (χ0v) is 10.8. The highest BCUT2D eigenvalue weighted by atomic mass is 79.9. The van der Waals surface area contributed by atoms with Crippen molar-refractivity contribution in [3.05, 3.63) is 24.4 Å². The summed E-state index contributed by atoms with van der Waals surface area (Å²) >= 11 is 0. The molecule has 0 radical (unpaired) electrons. The summed E-state index contributed by atoms with van der Waals surface area (Å²) < 4.78 is 0. The Balaban J connectivity index is 0. The maximum absolute atomic E-state index is 5.25. The van der Waals surface area contributed by atoms with Crippen LogP contribution in [-0.2, 0) is 0 Å². The summed E-state index contributed by atoms with van der Waals surface area (Å²) in [6.45, 7) is 4.46. The molecule has 0 atom stereocenters. The second-order valence-corrected chi connectivity index (χ2v) is 2.96. The van der Waals surface area contributed by atoms with E-state index in [4.69, 9.17) is 5.73 Å². The first kappa shape index (κ1) is 15.9. The van der Waals surface area contributed by atoms with E-state index in [0.717, 1.165) is 0 Å². The van der Waals surface area contributed by atoms with Crippen molar-refractivity contribution in [1.82, 2.24) is 4.98 Å². The molecule has 0 spiro atoms. The third-order valence-corrected chi connectivity index (χ3v) is 1.64. The third kappa shape index (κ3) is 11.4. The number of rotatable bonds is 3. The first-order valence-corrected chi connectivity index (χ1v) is 4.97. The van der Waals surface area contributed by atoms with E-state index in [1.54, 1.807) is 12.3 Å². The molecular formula is C11H21BrN2. The van der Waals surface area contributed by atoms with E-state index in [1.807, 2.05) is 12.1 Å². The fourth-order valence-corrected chi connectivity index (χ4v) is 0.876. The molecule has 0 fully saturated rings. The number of halogens is 1. The van der Waals surface area contributed by atoms with Crippen LogP contribution in [0.3, 0.4) is 0 Å². The Labute approximate surface area is 97.7 Å². The van der Waals surface area contributed by atoms with Crippen molar-refractivity contribution < 1.29 is 0 Å². The van der Waals surface area contributed by atoms with Crippen LogP contribution < -0.4 is 5.73 Å². The van der Waals surface area contributed by atoms with Gasteiger partial charge in [0.05, 0.1) is 0 Å². The number of nitrogens with zero attached hydrogens (tertiary/aromatic N) is 1. The maximum atomic E-state index is 5.25. The first-order chi connectivity index (χ1) is 6.31. The van der Waals surface area contributed by atoms with Crippen LogP contribution in [-0.4, -0.2) is 4.98 Å². The topological polar surface area (TPSA) is 38.9 Å². The molecule has 82 valence electrons. The van der Waals surface area contributed by atoms with Crippen LogP contribution in [0.2, 0.25) is 0 Å². The van der Waals surface area contributed by atoms with E-state index < -0.39 is 0 Å². The normalized spacial score (nSPS) is 8.14. The zero-order valence-electron chi connectivity index (χ0n) is 9.07. The molecule has 0 bridgehead atoms. The van der Waals surface area contributed by atoms with Crippen molar-refractivity contribution in [2.75, 3.05) is 5.73 Å². The Kier molecular flexibility index (Phi) is 14.1. The Bertz CT molecular complexity index is 186. The second-order valence-electron chi connectivity index (χ2n) is 2.96. The van der Waals surface area contributed by atoms with E-state index in [2.05, 4.69) is 18.8 Å². The van der Waals surface area contributed by atoms with Gasteiger partial charge in [-0.2, -0.15) is 0 Å². The molecule has 14 heavy (non-hydrogen) atoms. The number of nitrogens with two attached hydrogens (primary N) is 1. The van der Waals surface area contributed by atoms with Crippen LogP contribution in [0, 0.1) is 0 Å². The number of pyridine rings is 1. The second kappa shape index (κ2) is 12.4. The number of anilines is 1. The van der Waals surface area contributed by atoms with Crippen LogP contribution in [0.1, 0.15) is 39.5 Å². The number of hydrogen-bond acceptors (Lipinski definition) is 2. The molecule has 0 amide bonds. The molecule has 1 heterocycles. The van der Waals surface area contributed by atoms with Crippen molar-refractivity contribution >= 4 is 22.8 Å². The van der Waals surface area contributed by atoms with Gasteiger partial charge in [0.25, 0.3) is 0 Å². The van der Waals surface area contributed by atoms with Crippen molar-refractivity contribution in [3.8, 4) is 0 Å². The Hall–Kier alpha value is -0.570. The molecule has 0 aliphatic heterocycles. The molecule has 1 aromatic heterocycles. The standard InChI is InChI=1S/C6H14.C5H6N2.BrH/c1-3-5-6-4-2;6-5-3-1-2-4-7-5;/h3-6H2,1-2H3;1-4H,(H2,6,7);1H. The lowest BCUT2D eigenvalue weighted by Gasteiger charge is -1.86. The summed E-state index contributed by atoms with van der Waals surface area (Å²) in [6.07, 6.45) is 7.20. The van der Waals surface area contributed by atoms with E-state index in [1.165, 1.54) is 25.7 Å². The molecule has 0 saturated carbocycles. The van der Waals surface area contributed by atoms with Gasteiger partial charge >= 0.3 is 0 Å². The van der Waals surface area contributed by atoms with E-state index in [9.17, 15) is 0 Å². The minimum Gasteiger partial charge on any atom is -0.384 e. The lowest BCUT2D eigenvalue weighted by Crippen LogP contribution is -1.85. The third-order valence-electron chi connectivity index (χ3n) is 1.64. The average molecular weight is 261 g/mol. The van der Waals surface area contributed by atoms with Crippen LogP contribution in [0.25, 0.3) is 0 Å². The Morgan fingerprint density at radius 3 is 1.93 bits per heavy atom. The summed E-state index contributed by atoms with van der Waals surface area (Å²) in [5.41, 5.74) is 5.25. The molecule has 1 aromatic rings. The van der Waals surface area contributed by atoms with Crippen molar-refractivity contribution in [1.29, 1.82) is 0 Å². The maximum Gasteiger partial charge on any atom is 0.123 e. The van der Waals surface area contributed by atoms with E-state index >= 15 is 0 Å². The molecule has 2 nitrogen and oxygen atoms in total. The molecular weight excluding hydrogens is 240 g/mol. The Morgan fingerprint density at radius 2 is 1.71 bits per heavy atom. The SMILES string of the molecule is Br.CCCCCC.Nc1ccccn1. The average Bonchev–Trinajstić information content (AvgIpc) is 2.17. The number of aromatic nitrogens is 1. The molecule has 0 aliphatic rings. The fraction of sp³-hybridized carbons (Fsp3) is 0.545. The Morgan fingerprint density at radius 1 is 1.14 bits per heavy atom. The van der Waals surface area contributed by atoms with Crippen molar-refractivity contribution in [3.63, 3.8) is 0 Å². The smallest absolute Gasteiger partial charge is 0.123 e. The monoisotopic (exact) mass is 260 g/mol. The highest BCUT2D eigenvalue weighted by molar-refractivity contribution is 8.93. The molecule has 2 N–H and O–H groups in total. The summed E-state index contributed by atoms with van der Waals surface area (Å²) in [5, 5.41) is 0. The predicted octanol–water partition coefficient (Wildman–Crippen LogP) is 3.83. The van der Waals surface area contributed by atoms with Gasteiger partial charge < -0.3 is 5.73 Å². The van der Waals surface area contributed by atoms with Gasteiger partial charge in [-0.05, 0) is 12.1 Å². The zero-order chi connectivity index (χ0) is 9.94. The molecule has 0 saturated heterocycles. The van der Waals surface area contributed by atoms with Crippen LogP contribution in [0.15, 0.2) is 24.4 Å². The molecule has 0 unspecified atom stereocenters. The molecule has 0 aliphatic carbocycles. The largest absolute Gasteiger partial charge is 0.384 e. The molecule has 0 aromatic carbocycles. The minimum absolute atomic E-state index is 0. The number of hydrogen-bond donors (Lipinski definition) is 1. The van der Waals surface area contributed by atoms with Crippen LogP contribution in [0.5, 0.6) is 0 Å². The van der Waals surface area contributed by atoms with Gasteiger partial charge in [-0.15, -0.1) is 17.0 Å². The predicted molar refractivity (Wildman–Crippen MR) is 68.8 cm³/mol. The summed E-state index contributed by atoms with van der Waals surface area (Å²) in [5.74, 6) is 0.572.